The molecule has 1 unspecified atom stereocenters. The average Bonchev–Trinajstić information content (AvgIpc) is 2.96. The molecule has 2 saturated heterocycles. The molecule has 0 saturated carbocycles. The van der Waals surface area contributed by atoms with Gasteiger partial charge in [-0.1, -0.05) is 30.3 Å². The summed E-state index contributed by atoms with van der Waals surface area (Å²) in [5.74, 6) is 0. The van der Waals surface area contributed by atoms with Crippen LogP contribution in [0.5, 0.6) is 0 Å². The van der Waals surface area contributed by atoms with E-state index in [-0.39, 0.29) is 6.61 Å². The lowest BCUT2D eigenvalue weighted by molar-refractivity contribution is -0.226. The number of rotatable bonds is 3. The van der Waals surface area contributed by atoms with E-state index in [1.807, 2.05) is 30.3 Å². The van der Waals surface area contributed by atoms with E-state index >= 15 is 0 Å². The molecular formula is C13H16O6. The molecule has 2 aliphatic rings. The van der Waals surface area contributed by atoms with E-state index in [0.717, 1.165) is 5.56 Å². The van der Waals surface area contributed by atoms with Crippen LogP contribution in [0.4, 0.5) is 0 Å². The van der Waals surface area contributed by atoms with Crippen molar-refractivity contribution in [3.05, 3.63) is 35.9 Å². The molecule has 0 radical (unpaired) electrons. The summed E-state index contributed by atoms with van der Waals surface area (Å²) in [6, 6.07) is 9.22. The fourth-order valence-corrected chi connectivity index (χ4v) is 2.60. The monoisotopic (exact) mass is 268 g/mol. The van der Waals surface area contributed by atoms with E-state index in [9.17, 15) is 15.3 Å². The molecule has 5 atom stereocenters. The Hall–Kier alpha value is -1.02. The molecule has 1 aromatic carbocycles. The molecule has 2 aliphatic heterocycles. The molecule has 6 heteroatoms. The number of fused-ring (bicyclic) bond motifs is 1. The summed E-state index contributed by atoms with van der Waals surface area (Å²) in [6.45, 7) is -0.757. The molecule has 1 aromatic rings. The third-order valence-corrected chi connectivity index (χ3v) is 3.64. The maximum absolute atomic E-state index is 9.92. The van der Waals surface area contributed by atoms with Crippen LogP contribution in [0.25, 0.3) is 0 Å². The highest BCUT2D eigenvalue weighted by Gasteiger charge is 2.63. The summed E-state index contributed by atoms with van der Waals surface area (Å²) in [5, 5.41) is 28.7. The topological polar surface area (TPSA) is 88.4 Å². The maximum Gasteiger partial charge on any atom is 0.189 e. The van der Waals surface area contributed by atoms with Gasteiger partial charge in [0.2, 0.25) is 0 Å². The van der Waals surface area contributed by atoms with Crippen LogP contribution in [0, 0.1) is 0 Å². The third kappa shape index (κ3) is 1.88. The molecule has 2 heterocycles. The molecule has 19 heavy (non-hydrogen) atoms. The zero-order valence-corrected chi connectivity index (χ0v) is 10.2. The Balaban J connectivity index is 1.89. The van der Waals surface area contributed by atoms with Gasteiger partial charge >= 0.3 is 0 Å². The highest BCUT2D eigenvalue weighted by Crippen LogP contribution is 2.46. The van der Waals surface area contributed by atoms with Gasteiger partial charge < -0.3 is 29.5 Å². The van der Waals surface area contributed by atoms with E-state index in [1.165, 1.54) is 0 Å². The van der Waals surface area contributed by atoms with Crippen molar-refractivity contribution in [2.75, 3.05) is 13.2 Å². The molecule has 2 fully saturated rings. The Morgan fingerprint density at radius 2 is 1.84 bits per heavy atom. The second kappa shape index (κ2) is 4.82. The molecule has 104 valence electrons. The number of benzene rings is 1. The van der Waals surface area contributed by atoms with Crippen molar-refractivity contribution in [2.45, 2.75) is 30.4 Å². The average molecular weight is 268 g/mol. The quantitative estimate of drug-likeness (QED) is 0.687. The van der Waals surface area contributed by atoms with Crippen LogP contribution in [0.1, 0.15) is 11.9 Å². The van der Waals surface area contributed by atoms with Crippen molar-refractivity contribution in [2.24, 2.45) is 0 Å². The molecular weight excluding hydrogens is 252 g/mol. The van der Waals surface area contributed by atoms with E-state index in [1.54, 1.807) is 0 Å². The summed E-state index contributed by atoms with van der Waals surface area (Å²) in [5.41, 5.74) is -0.554. The molecule has 0 amide bonds. The number of ether oxygens (including phenoxy) is 3. The van der Waals surface area contributed by atoms with Crippen LogP contribution in [0.3, 0.4) is 0 Å². The van der Waals surface area contributed by atoms with E-state index in [4.69, 9.17) is 14.2 Å². The lowest BCUT2D eigenvalue weighted by atomic mass is 9.96. The van der Waals surface area contributed by atoms with Gasteiger partial charge in [-0.3, -0.25) is 0 Å². The second-order valence-electron chi connectivity index (χ2n) is 4.74. The molecule has 0 bridgehead atoms. The molecule has 0 aromatic heterocycles. The molecule has 3 N–H and O–H groups in total. The van der Waals surface area contributed by atoms with E-state index in [0.29, 0.717) is 0 Å². The summed E-state index contributed by atoms with van der Waals surface area (Å²) in [4.78, 5) is 0. The Labute approximate surface area is 110 Å². The lowest BCUT2D eigenvalue weighted by Gasteiger charge is -2.26. The van der Waals surface area contributed by atoms with Crippen LogP contribution in [-0.4, -0.2) is 52.6 Å². The lowest BCUT2D eigenvalue weighted by Crippen LogP contribution is -2.49. The first-order valence-electron chi connectivity index (χ1n) is 6.15. The standard InChI is InChI=1S/C13H16O6/c14-6-9-10-13(7-15,12(16)17-9)19-11(18-10)8-4-2-1-3-5-8/h1-5,9-12,14-16H,6-7H2/t9-,10-,11?,12-,13-/m1/s1. The molecule has 0 spiro atoms. The first-order valence-corrected chi connectivity index (χ1v) is 6.15. The SMILES string of the molecule is OC[C@H]1O[C@@H](O)[C@]2(CO)OC(c3ccccc3)O[C@H]12. The van der Waals surface area contributed by atoms with Crippen LogP contribution in [-0.2, 0) is 14.2 Å². The largest absolute Gasteiger partial charge is 0.394 e. The van der Waals surface area contributed by atoms with Gasteiger partial charge in [0.25, 0.3) is 0 Å². The van der Waals surface area contributed by atoms with Gasteiger partial charge in [-0.2, -0.15) is 0 Å². The van der Waals surface area contributed by atoms with Crippen LogP contribution in [0.15, 0.2) is 30.3 Å². The van der Waals surface area contributed by atoms with Gasteiger partial charge in [0.05, 0.1) is 13.2 Å². The minimum absolute atomic E-state index is 0.311. The van der Waals surface area contributed by atoms with E-state index < -0.39 is 37.0 Å². The highest BCUT2D eigenvalue weighted by molar-refractivity contribution is 5.19. The smallest absolute Gasteiger partial charge is 0.189 e. The van der Waals surface area contributed by atoms with Crippen LogP contribution < -0.4 is 0 Å². The van der Waals surface area contributed by atoms with Crippen molar-refractivity contribution in [3.8, 4) is 0 Å². The summed E-state index contributed by atoms with van der Waals surface area (Å²) in [6.07, 6.45) is -3.43. The zero-order valence-electron chi connectivity index (χ0n) is 10.2. The molecule has 0 aliphatic carbocycles. The molecule has 6 nitrogen and oxygen atoms in total. The Bertz CT molecular complexity index is 438. The van der Waals surface area contributed by atoms with E-state index in [2.05, 4.69) is 0 Å². The molecule has 3 rings (SSSR count). The number of aliphatic hydroxyl groups excluding tert-OH is 3. The maximum atomic E-state index is 9.92. The Kier molecular flexibility index (Phi) is 3.30. The van der Waals surface area contributed by atoms with Gasteiger partial charge in [-0.15, -0.1) is 0 Å². The Morgan fingerprint density at radius 3 is 2.47 bits per heavy atom. The number of aliphatic hydroxyl groups is 3. The van der Waals surface area contributed by atoms with Crippen molar-refractivity contribution in [1.29, 1.82) is 0 Å². The summed E-state index contributed by atoms with van der Waals surface area (Å²) < 4.78 is 16.6. The first-order chi connectivity index (χ1) is 9.21. The van der Waals surface area contributed by atoms with Gasteiger partial charge in [-0.05, 0) is 0 Å². The normalized spacial score (nSPS) is 41.4. The fourth-order valence-electron chi connectivity index (χ4n) is 2.60. The van der Waals surface area contributed by atoms with Crippen molar-refractivity contribution in [3.63, 3.8) is 0 Å². The highest BCUT2D eigenvalue weighted by atomic mass is 16.8. The minimum atomic E-state index is -1.34. The summed E-state index contributed by atoms with van der Waals surface area (Å²) >= 11 is 0. The zero-order chi connectivity index (χ0) is 13.5. The van der Waals surface area contributed by atoms with Crippen molar-refractivity contribution < 1.29 is 29.5 Å². The predicted molar refractivity (Wildman–Crippen MR) is 62.9 cm³/mol. The van der Waals surface area contributed by atoms with Gasteiger partial charge in [0.15, 0.2) is 18.2 Å². The predicted octanol–water partition coefficient (Wildman–Crippen LogP) is -0.459. The number of hydrogen-bond donors (Lipinski definition) is 3. The fraction of sp³-hybridized carbons (Fsp3) is 0.538. The van der Waals surface area contributed by atoms with Crippen molar-refractivity contribution >= 4 is 0 Å². The Morgan fingerprint density at radius 1 is 1.11 bits per heavy atom. The van der Waals surface area contributed by atoms with Crippen molar-refractivity contribution in [1.82, 2.24) is 0 Å². The third-order valence-electron chi connectivity index (χ3n) is 3.64. The van der Waals surface area contributed by atoms with Crippen LogP contribution in [0.2, 0.25) is 0 Å². The van der Waals surface area contributed by atoms with Gasteiger partial charge in [-0.25, -0.2) is 0 Å². The van der Waals surface area contributed by atoms with Crippen LogP contribution >= 0.6 is 0 Å². The minimum Gasteiger partial charge on any atom is -0.394 e. The second-order valence-corrected chi connectivity index (χ2v) is 4.74. The number of hydrogen-bond acceptors (Lipinski definition) is 6. The summed E-state index contributed by atoms with van der Waals surface area (Å²) in [7, 11) is 0. The first kappa shape index (κ1) is 13.0. The van der Waals surface area contributed by atoms with Gasteiger partial charge in [0, 0.05) is 5.56 Å². The van der Waals surface area contributed by atoms with Gasteiger partial charge in [0.1, 0.15) is 12.2 Å².